The lowest BCUT2D eigenvalue weighted by molar-refractivity contribution is 0.0953. The molecule has 0 aliphatic rings. The Balaban J connectivity index is 1.66. The molecule has 24 heavy (non-hydrogen) atoms. The number of amides is 1. The summed E-state index contributed by atoms with van der Waals surface area (Å²) in [6.07, 6.45) is 7.21. The maximum absolute atomic E-state index is 12.3. The van der Waals surface area contributed by atoms with Crippen LogP contribution in [0.5, 0.6) is 0 Å². The number of hydrogen-bond donors (Lipinski definition) is 2. The van der Waals surface area contributed by atoms with Gasteiger partial charge in [-0.25, -0.2) is 14.5 Å². The zero-order valence-corrected chi connectivity index (χ0v) is 13.7. The van der Waals surface area contributed by atoms with E-state index >= 15 is 0 Å². The highest BCUT2D eigenvalue weighted by atomic mass is 16.3. The largest absolute Gasteiger partial charge is 0.396 e. The number of rotatable bonds is 6. The van der Waals surface area contributed by atoms with Crippen molar-refractivity contribution in [1.82, 2.24) is 29.5 Å². The average Bonchev–Trinajstić information content (AvgIpc) is 3.13. The highest BCUT2D eigenvalue weighted by Crippen LogP contribution is 2.09. The lowest BCUT2D eigenvalue weighted by Crippen LogP contribution is -2.27. The number of nitrogens with one attached hydrogen (secondary N) is 1. The molecule has 0 unspecified atom stereocenters. The summed E-state index contributed by atoms with van der Waals surface area (Å²) < 4.78 is 3.56. The van der Waals surface area contributed by atoms with Crippen molar-refractivity contribution in [2.75, 3.05) is 13.2 Å². The van der Waals surface area contributed by atoms with E-state index in [9.17, 15) is 4.79 Å². The van der Waals surface area contributed by atoms with Gasteiger partial charge in [-0.1, -0.05) is 0 Å². The van der Waals surface area contributed by atoms with Gasteiger partial charge in [0.25, 0.3) is 5.91 Å². The van der Waals surface area contributed by atoms with Crippen LogP contribution in [0.3, 0.4) is 0 Å². The van der Waals surface area contributed by atoms with Crippen LogP contribution in [0.25, 0.3) is 5.65 Å². The van der Waals surface area contributed by atoms with Crippen LogP contribution < -0.4 is 5.32 Å². The van der Waals surface area contributed by atoms with Crippen LogP contribution in [0.4, 0.5) is 0 Å². The number of aliphatic hydroxyl groups excluding tert-OH is 1. The maximum atomic E-state index is 12.3. The second kappa shape index (κ2) is 6.79. The minimum Gasteiger partial charge on any atom is -0.396 e. The van der Waals surface area contributed by atoms with Crippen molar-refractivity contribution in [3.63, 3.8) is 0 Å². The Kier molecular flexibility index (Phi) is 4.57. The van der Waals surface area contributed by atoms with Crippen molar-refractivity contribution < 1.29 is 9.90 Å². The molecule has 0 bridgehead atoms. The number of aryl methyl sites for hydroxylation is 1. The Morgan fingerprint density at radius 1 is 1.29 bits per heavy atom. The average molecular weight is 328 g/mol. The summed E-state index contributed by atoms with van der Waals surface area (Å²) in [5, 5.41) is 16.0. The number of fused-ring (bicyclic) bond motifs is 1. The minimum absolute atomic E-state index is 0.0505. The van der Waals surface area contributed by atoms with Gasteiger partial charge < -0.3 is 15.0 Å². The predicted molar refractivity (Wildman–Crippen MR) is 87.8 cm³/mol. The number of imidazole rings is 1. The molecule has 0 saturated carbocycles. The van der Waals surface area contributed by atoms with Crippen LogP contribution in [-0.2, 0) is 13.0 Å². The van der Waals surface area contributed by atoms with Crippen LogP contribution in [0.2, 0.25) is 0 Å². The summed E-state index contributed by atoms with van der Waals surface area (Å²) in [5.41, 5.74) is 3.89. The molecule has 1 amide bonds. The monoisotopic (exact) mass is 328 g/mol. The first-order chi connectivity index (χ1) is 11.6. The molecule has 0 aliphatic carbocycles. The lowest BCUT2D eigenvalue weighted by Gasteiger charge is -2.07. The standard InChI is InChI=1S/C16H20N6O2/c1-11-12(2)21(10-19-11)5-4-17-16(24)14-8-20-22-9-13(3-6-23)7-18-15(14)22/h7-10,23H,3-6H2,1-2H3,(H,17,24). The van der Waals surface area contributed by atoms with E-state index < -0.39 is 0 Å². The molecule has 3 rings (SSSR count). The van der Waals surface area contributed by atoms with Crippen LogP contribution in [0.15, 0.2) is 24.9 Å². The predicted octanol–water partition coefficient (Wildman–Crippen LogP) is 0.507. The molecule has 0 aliphatic heterocycles. The molecular formula is C16H20N6O2. The fraction of sp³-hybridized carbons (Fsp3) is 0.375. The van der Waals surface area contributed by atoms with E-state index in [2.05, 4.69) is 20.4 Å². The van der Waals surface area contributed by atoms with E-state index in [1.807, 2.05) is 18.4 Å². The van der Waals surface area contributed by atoms with Gasteiger partial charge in [-0.3, -0.25) is 4.79 Å². The number of aromatic nitrogens is 5. The fourth-order valence-electron chi connectivity index (χ4n) is 2.49. The van der Waals surface area contributed by atoms with E-state index in [0.29, 0.717) is 30.7 Å². The van der Waals surface area contributed by atoms with Crippen LogP contribution >= 0.6 is 0 Å². The van der Waals surface area contributed by atoms with Gasteiger partial charge in [-0.05, 0) is 25.8 Å². The first-order valence-electron chi connectivity index (χ1n) is 7.80. The lowest BCUT2D eigenvalue weighted by atomic mass is 10.2. The topological polar surface area (TPSA) is 97.3 Å². The fourth-order valence-corrected chi connectivity index (χ4v) is 2.49. The number of aliphatic hydroxyl groups is 1. The molecule has 3 aromatic rings. The van der Waals surface area contributed by atoms with Crippen LogP contribution in [0, 0.1) is 13.8 Å². The van der Waals surface area contributed by atoms with Crippen molar-refractivity contribution >= 4 is 11.6 Å². The molecule has 0 radical (unpaired) electrons. The SMILES string of the molecule is Cc1ncn(CCNC(=O)c2cnn3cc(CCO)cnc23)c1C. The van der Waals surface area contributed by atoms with Gasteiger partial charge in [0.05, 0.1) is 18.2 Å². The normalized spacial score (nSPS) is 11.1. The van der Waals surface area contributed by atoms with Gasteiger partial charge in [-0.2, -0.15) is 5.10 Å². The molecule has 3 heterocycles. The van der Waals surface area contributed by atoms with Crippen molar-refractivity contribution in [2.45, 2.75) is 26.8 Å². The highest BCUT2D eigenvalue weighted by molar-refractivity contribution is 5.99. The zero-order chi connectivity index (χ0) is 17.1. The summed E-state index contributed by atoms with van der Waals surface area (Å²) in [6.45, 7) is 5.17. The highest BCUT2D eigenvalue weighted by Gasteiger charge is 2.14. The third kappa shape index (κ3) is 3.13. The van der Waals surface area contributed by atoms with Gasteiger partial charge in [-0.15, -0.1) is 0 Å². The number of nitrogens with zero attached hydrogens (tertiary/aromatic N) is 5. The summed E-state index contributed by atoms with van der Waals surface area (Å²) >= 11 is 0. The molecule has 0 atom stereocenters. The van der Waals surface area contributed by atoms with Crippen molar-refractivity contribution in [2.24, 2.45) is 0 Å². The third-order valence-electron chi connectivity index (χ3n) is 4.04. The van der Waals surface area contributed by atoms with Crippen LogP contribution in [0.1, 0.15) is 27.3 Å². The Labute approximate surface area is 139 Å². The van der Waals surface area contributed by atoms with E-state index in [1.54, 1.807) is 23.2 Å². The molecule has 2 N–H and O–H groups in total. The zero-order valence-electron chi connectivity index (χ0n) is 13.7. The van der Waals surface area contributed by atoms with Gasteiger partial charge in [0.2, 0.25) is 0 Å². The summed E-state index contributed by atoms with van der Waals surface area (Å²) in [7, 11) is 0. The van der Waals surface area contributed by atoms with Crippen molar-refractivity contribution in [3.8, 4) is 0 Å². The molecule has 0 aromatic carbocycles. The van der Waals surface area contributed by atoms with Crippen molar-refractivity contribution in [3.05, 3.63) is 47.4 Å². The van der Waals surface area contributed by atoms with E-state index in [1.165, 1.54) is 6.20 Å². The van der Waals surface area contributed by atoms with Crippen molar-refractivity contribution in [1.29, 1.82) is 0 Å². The molecule has 0 spiro atoms. The first kappa shape index (κ1) is 16.1. The Bertz CT molecular complexity index is 867. The molecule has 3 aromatic heterocycles. The second-order valence-corrected chi connectivity index (χ2v) is 5.63. The molecule has 8 heteroatoms. The molecule has 0 saturated heterocycles. The van der Waals surface area contributed by atoms with Gasteiger partial charge in [0, 0.05) is 37.8 Å². The molecule has 0 fully saturated rings. The number of carbonyl (C=O) groups is 1. The summed E-state index contributed by atoms with van der Waals surface area (Å²) in [5.74, 6) is -0.207. The van der Waals surface area contributed by atoms with E-state index in [-0.39, 0.29) is 12.5 Å². The first-order valence-corrected chi connectivity index (χ1v) is 7.80. The Hall–Kier alpha value is -2.74. The van der Waals surface area contributed by atoms with E-state index in [4.69, 9.17) is 5.11 Å². The second-order valence-electron chi connectivity index (χ2n) is 5.63. The summed E-state index contributed by atoms with van der Waals surface area (Å²) in [4.78, 5) is 20.9. The molecule has 126 valence electrons. The Morgan fingerprint density at radius 3 is 2.83 bits per heavy atom. The molecule has 8 nitrogen and oxygen atoms in total. The van der Waals surface area contributed by atoms with Gasteiger partial charge in [0.15, 0.2) is 5.65 Å². The smallest absolute Gasteiger partial charge is 0.256 e. The molecular weight excluding hydrogens is 308 g/mol. The third-order valence-corrected chi connectivity index (χ3v) is 4.04. The number of carbonyl (C=O) groups excluding carboxylic acids is 1. The van der Waals surface area contributed by atoms with E-state index in [0.717, 1.165) is 17.0 Å². The van der Waals surface area contributed by atoms with Gasteiger partial charge >= 0.3 is 0 Å². The Morgan fingerprint density at radius 2 is 2.12 bits per heavy atom. The number of hydrogen-bond acceptors (Lipinski definition) is 5. The van der Waals surface area contributed by atoms with Crippen LogP contribution in [-0.4, -0.2) is 48.3 Å². The minimum atomic E-state index is -0.207. The summed E-state index contributed by atoms with van der Waals surface area (Å²) in [6, 6.07) is 0. The maximum Gasteiger partial charge on any atom is 0.256 e. The van der Waals surface area contributed by atoms with Gasteiger partial charge in [0.1, 0.15) is 5.56 Å². The quantitative estimate of drug-likeness (QED) is 0.687.